The van der Waals surface area contributed by atoms with Crippen LogP contribution in [0.25, 0.3) is 0 Å². The molecule has 3 aromatic rings. The summed E-state index contributed by atoms with van der Waals surface area (Å²) >= 11 is 0. The Labute approximate surface area is 193 Å². The highest BCUT2D eigenvalue weighted by Gasteiger charge is 2.49. The van der Waals surface area contributed by atoms with E-state index in [0.29, 0.717) is 24.8 Å². The van der Waals surface area contributed by atoms with Gasteiger partial charge in [0.05, 0.1) is 25.5 Å². The number of hydrogen-bond acceptors (Lipinski definition) is 5. The van der Waals surface area contributed by atoms with Crippen molar-refractivity contribution in [3.8, 4) is 11.5 Å². The molecule has 5 rings (SSSR count). The zero-order valence-corrected chi connectivity index (χ0v) is 19.1. The maximum atomic E-state index is 13.0. The van der Waals surface area contributed by atoms with E-state index in [4.69, 9.17) is 4.74 Å². The molecule has 172 valence electrons. The molecule has 0 radical (unpaired) electrons. The molecule has 3 heterocycles. The number of benzene rings is 2. The number of likely N-dealkylation sites (tertiary alicyclic amines) is 1. The smallest absolute Gasteiger partial charge is 0.272 e. The van der Waals surface area contributed by atoms with Crippen LogP contribution in [-0.4, -0.2) is 53.0 Å². The third-order valence-corrected chi connectivity index (χ3v) is 6.73. The SMILES string of the molecule is Cc1ccc(C(C)(C)c2ccc(Oc3cnc(N4CC(N5CC(F)(F)C5)C4)nc3)cc2)cc1. The van der Waals surface area contributed by atoms with E-state index in [0.717, 1.165) is 5.75 Å². The van der Waals surface area contributed by atoms with Gasteiger partial charge in [0.25, 0.3) is 5.92 Å². The summed E-state index contributed by atoms with van der Waals surface area (Å²) in [4.78, 5) is 12.6. The van der Waals surface area contributed by atoms with Gasteiger partial charge < -0.3 is 9.64 Å². The van der Waals surface area contributed by atoms with Crippen molar-refractivity contribution >= 4 is 5.95 Å². The van der Waals surface area contributed by atoms with Crippen LogP contribution in [0.2, 0.25) is 0 Å². The van der Waals surface area contributed by atoms with Gasteiger partial charge in [-0.1, -0.05) is 55.8 Å². The third kappa shape index (κ3) is 4.42. The molecule has 0 unspecified atom stereocenters. The first-order chi connectivity index (χ1) is 15.7. The molecule has 1 aromatic heterocycles. The van der Waals surface area contributed by atoms with Crippen molar-refractivity contribution in [3.05, 3.63) is 77.6 Å². The molecule has 0 spiro atoms. The van der Waals surface area contributed by atoms with Crippen LogP contribution in [0, 0.1) is 6.92 Å². The fourth-order valence-corrected chi connectivity index (χ4v) is 4.39. The van der Waals surface area contributed by atoms with E-state index in [9.17, 15) is 8.78 Å². The van der Waals surface area contributed by atoms with Gasteiger partial charge in [-0.05, 0) is 30.2 Å². The molecule has 5 nitrogen and oxygen atoms in total. The van der Waals surface area contributed by atoms with Gasteiger partial charge >= 0.3 is 0 Å². The molecule has 0 N–H and O–H groups in total. The average Bonchev–Trinajstić information content (AvgIpc) is 2.73. The normalized spacial score (nSPS) is 18.5. The van der Waals surface area contributed by atoms with Crippen LogP contribution in [0.1, 0.15) is 30.5 Å². The van der Waals surface area contributed by atoms with Crippen LogP contribution >= 0.6 is 0 Å². The molecule has 0 saturated carbocycles. The molecule has 2 aromatic carbocycles. The molecule has 0 atom stereocenters. The first kappa shape index (κ1) is 21.8. The summed E-state index contributed by atoms with van der Waals surface area (Å²) in [5.74, 6) is -0.646. The molecule has 0 aliphatic carbocycles. The fourth-order valence-electron chi connectivity index (χ4n) is 4.39. The Balaban J connectivity index is 1.18. The van der Waals surface area contributed by atoms with Gasteiger partial charge in [-0.2, -0.15) is 0 Å². The first-order valence-corrected chi connectivity index (χ1v) is 11.2. The van der Waals surface area contributed by atoms with Crippen LogP contribution in [0.15, 0.2) is 60.9 Å². The predicted molar refractivity (Wildman–Crippen MR) is 124 cm³/mol. The number of nitrogens with zero attached hydrogens (tertiary/aromatic N) is 4. The highest BCUT2D eigenvalue weighted by molar-refractivity contribution is 5.42. The quantitative estimate of drug-likeness (QED) is 0.526. The zero-order valence-electron chi connectivity index (χ0n) is 19.1. The third-order valence-electron chi connectivity index (χ3n) is 6.73. The van der Waals surface area contributed by atoms with E-state index in [1.54, 1.807) is 12.4 Å². The Morgan fingerprint density at radius 3 is 1.97 bits per heavy atom. The minimum atomic E-state index is -2.52. The van der Waals surface area contributed by atoms with Crippen molar-refractivity contribution in [1.82, 2.24) is 14.9 Å². The molecule has 2 fully saturated rings. The van der Waals surface area contributed by atoms with Crippen LogP contribution < -0.4 is 9.64 Å². The Hall–Kier alpha value is -3.06. The van der Waals surface area contributed by atoms with E-state index < -0.39 is 5.92 Å². The van der Waals surface area contributed by atoms with Gasteiger partial charge in [-0.3, -0.25) is 4.90 Å². The average molecular weight is 451 g/mol. The first-order valence-electron chi connectivity index (χ1n) is 11.2. The zero-order chi connectivity index (χ0) is 23.2. The lowest BCUT2D eigenvalue weighted by Gasteiger charge is -2.51. The van der Waals surface area contributed by atoms with Gasteiger partial charge in [-0.25, -0.2) is 18.7 Å². The number of alkyl halides is 2. The van der Waals surface area contributed by atoms with Crippen LogP contribution in [0.5, 0.6) is 11.5 Å². The minimum absolute atomic E-state index is 0.113. The van der Waals surface area contributed by atoms with Crippen molar-refractivity contribution < 1.29 is 13.5 Å². The second-order valence-corrected chi connectivity index (χ2v) is 9.66. The monoisotopic (exact) mass is 450 g/mol. The van der Waals surface area contributed by atoms with E-state index in [1.165, 1.54) is 16.7 Å². The summed E-state index contributed by atoms with van der Waals surface area (Å²) in [5.41, 5.74) is 3.61. The van der Waals surface area contributed by atoms with Crippen molar-refractivity contribution in [3.63, 3.8) is 0 Å². The summed E-state index contributed by atoms with van der Waals surface area (Å²) in [5, 5.41) is 0. The molecule has 2 saturated heterocycles. The second kappa shape index (κ2) is 8.06. The number of rotatable bonds is 6. The lowest BCUT2D eigenvalue weighted by Crippen LogP contribution is -2.69. The van der Waals surface area contributed by atoms with Crippen LogP contribution in [-0.2, 0) is 5.41 Å². The molecular formula is C26H28F2N4O. The maximum Gasteiger partial charge on any atom is 0.272 e. The van der Waals surface area contributed by atoms with E-state index in [2.05, 4.69) is 67.1 Å². The summed E-state index contributed by atoms with van der Waals surface area (Å²) < 4.78 is 32.0. The Morgan fingerprint density at radius 2 is 1.42 bits per heavy atom. The number of aryl methyl sites for hydroxylation is 1. The molecule has 2 aliphatic heterocycles. The van der Waals surface area contributed by atoms with E-state index >= 15 is 0 Å². The Bertz CT molecular complexity index is 1100. The summed E-state index contributed by atoms with van der Waals surface area (Å²) in [6, 6.07) is 16.9. The number of hydrogen-bond donors (Lipinski definition) is 0. The molecule has 33 heavy (non-hydrogen) atoms. The lowest BCUT2D eigenvalue weighted by molar-refractivity contribution is -0.148. The molecule has 7 heteroatoms. The van der Waals surface area contributed by atoms with Crippen molar-refractivity contribution in [2.75, 3.05) is 31.1 Å². The number of ether oxygens (including phenoxy) is 1. The predicted octanol–water partition coefficient (Wildman–Crippen LogP) is 5.04. The van der Waals surface area contributed by atoms with Crippen molar-refractivity contribution in [1.29, 1.82) is 0 Å². The topological polar surface area (TPSA) is 41.5 Å². The van der Waals surface area contributed by atoms with E-state index in [-0.39, 0.29) is 24.5 Å². The van der Waals surface area contributed by atoms with Gasteiger partial charge in [-0.15, -0.1) is 0 Å². The lowest BCUT2D eigenvalue weighted by atomic mass is 9.78. The van der Waals surface area contributed by atoms with Crippen molar-refractivity contribution in [2.24, 2.45) is 0 Å². The molecule has 2 aliphatic rings. The number of halogens is 2. The standard InChI is InChI=1S/C26H28F2N4O/c1-18-4-6-19(7-5-18)25(2,3)20-8-10-22(11-9-20)33-23-12-29-24(30-13-23)31-14-21(15-31)32-16-26(27,28)17-32/h4-13,21H,14-17H2,1-3H3. The summed E-state index contributed by atoms with van der Waals surface area (Å²) in [6.45, 7) is 7.60. The summed E-state index contributed by atoms with van der Waals surface area (Å²) in [6.07, 6.45) is 3.30. The van der Waals surface area contributed by atoms with Gasteiger partial charge in [0.15, 0.2) is 5.75 Å². The van der Waals surface area contributed by atoms with Gasteiger partial charge in [0, 0.05) is 24.5 Å². The highest BCUT2D eigenvalue weighted by Crippen LogP contribution is 2.34. The van der Waals surface area contributed by atoms with Gasteiger partial charge in [0.1, 0.15) is 5.75 Å². The Kier molecular flexibility index (Phi) is 5.32. The second-order valence-electron chi connectivity index (χ2n) is 9.66. The number of anilines is 1. The minimum Gasteiger partial charge on any atom is -0.454 e. The molecular weight excluding hydrogens is 422 g/mol. The molecule has 0 amide bonds. The molecule has 0 bridgehead atoms. The van der Waals surface area contributed by atoms with E-state index in [1.807, 2.05) is 21.9 Å². The fraction of sp³-hybridized carbons (Fsp3) is 0.385. The van der Waals surface area contributed by atoms with Gasteiger partial charge in [0.2, 0.25) is 5.95 Å². The summed E-state index contributed by atoms with van der Waals surface area (Å²) in [7, 11) is 0. The van der Waals surface area contributed by atoms with Crippen LogP contribution in [0.3, 0.4) is 0 Å². The van der Waals surface area contributed by atoms with Crippen LogP contribution in [0.4, 0.5) is 14.7 Å². The highest BCUT2D eigenvalue weighted by atomic mass is 19.3. The maximum absolute atomic E-state index is 13.0. The van der Waals surface area contributed by atoms with Crippen molar-refractivity contribution in [2.45, 2.75) is 38.2 Å². The number of aromatic nitrogens is 2. The Morgan fingerprint density at radius 1 is 0.879 bits per heavy atom. The largest absolute Gasteiger partial charge is 0.454 e.